The van der Waals surface area contributed by atoms with E-state index in [0.29, 0.717) is 12.1 Å². The third-order valence-corrected chi connectivity index (χ3v) is 2.42. The van der Waals surface area contributed by atoms with Crippen molar-refractivity contribution in [2.45, 2.75) is 0 Å². The summed E-state index contributed by atoms with van der Waals surface area (Å²) < 4.78 is 31.4. The second-order valence-corrected chi connectivity index (χ2v) is 3.87. The zero-order valence-electron chi connectivity index (χ0n) is 10.4. The predicted octanol–water partition coefficient (Wildman–Crippen LogP) is 3.48. The average molecular weight is 294 g/mol. The second kappa shape index (κ2) is 5.95. The Morgan fingerprint density at radius 3 is 2.43 bits per heavy atom. The normalized spacial score (nSPS) is 10.0. The number of hydrogen-bond donors (Lipinski definition) is 1. The first kappa shape index (κ1) is 14.4. The highest BCUT2D eigenvalue weighted by Gasteiger charge is 2.20. The van der Waals surface area contributed by atoms with Crippen LogP contribution in [-0.4, -0.2) is 11.0 Å². The molecule has 6 nitrogen and oxygen atoms in total. The molecule has 0 aliphatic rings. The van der Waals surface area contributed by atoms with Crippen LogP contribution in [0.3, 0.4) is 0 Å². The highest BCUT2D eigenvalue weighted by molar-refractivity contribution is 5.86. The topological polar surface area (TPSA) is 81.5 Å². The maximum absolute atomic E-state index is 13.5. The number of ether oxygens (including phenoxy) is 1. The summed E-state index contributed by atoms with van der Waals surface area (Å²) in [5.41, 5.74) is -1.50. The van der Waals surface area contributed by atoms with Gasteiger partial charge < -0.3 is 4.74 Å². The van der Waals surface area contributed by atoms with Crippen molar-refractivity contribution < 1.29 is 23.2 Å². The van der Waals surface area contributed by atoms with Gasteiger partial charge in [0, 0.05) is 12.1 Å². The van der Waals surface area contributed by atoms with E-state index >= 15 is 0 Å². The predicted molar refractivity (Wildman–Crippen MR) is 69.1 cm³/mol. The Hall–Kier alpha value is -3.03. The molecule has 0 bridgehead atoms. The van der Waals surface area contributed by atoms with E-state index in [9.17, 15) is 23.7 Å². The van der Waals surface area contributed by atoms with Gasteiger partial charge in [-0.2, -0.15) is 4.39 Å². The molecule has 21 heavy (non-hydrogen) atoms. The van der Waals surface area contributed by atoms with Gasteiger partial charge in [0.05, 0.1) is 10.6 Å². The fourth-order valence-electron chi connectivity index (χ4n) is 1.50. The SMILES string of the molecule is O=C(Nc1cc([N+](=O)[O-])c(F)cc1F)Oc1ccccc1. The molecule has 0 saturated heterocycles. The van der Waals surface area contributed by atoms with Gasteiger partial charge in [0.2, 0.25) is 5.82 Å². The highest BCUT2D eigenvalue weighted by atomic mass is 19.1. The maximum atomic E-state index is 13.5. The summed E-state index contributed by atoms with van der Waals surface area (Å²) in [6.07, 6.45) is -1.05. The number of rotatable bonds is 3. The van der Waals surface area contributed by atoms with Crippen LogP contribution in [0.1, 0.15) is 0 Å². The van der Waals surface area contributed by atoms with Gasteiger partial charge in [-0.05, 0) is 12.1 Å². The summed E-state index contributed by atoms with van der Waals surface area (Å²) in [5.74, 6) is -2.28. The molecule has 0 fully saturated rings. The number of nitrogens with zero attached hydrogens (tertiary/aromatic N) is 1. The number of anilines is 1. The van der Waals surface area contributed by atoms with E-state index in [-0.39, 0.29) is 5.75 Å². The summed E-state index contributed by atoms with van der Waals surface area (Å²) in [5, 5.41) is 12.5. The summed E-state index contributed by atoms with van der Waals surface area (Å²) in [6.45, 7) is 0. The lowest BCUT2D eigenvalue weighted by molar-refractivity contribution is -0.387. The number of amides is 1. The highest BCUT2D eigenvalue weighted by Crippen LogP contribution is 2.25. The minimum absolute atomic E-state index is 0.201. The van der Waals surface area contributed by atoms with Crippen LogP contribution in [0.4, 0.5) is 25.0 Å². The molecule has 1 amide bonds. The van der Waals surface area contributed by atoms with Gasteiger partial charge >= 0.3 is 11.8 Å². The van der Waals surface area contributed by atoms with Crippen molar-refractivity contribution in [1.82, 2.24) is 0 Å². The molecule has 8 heteroatoms. The molecule has 0 aromatic heterocycles. The molecule has 0 radical (unpaired) electrons. The quantitative estimate of drug-likeness (QED) is 0.694. The van der Waals surface area contributed by atoms with E-state index in [4.69, 9.17) is 4.74 Å². The van der Waals surface area contributed by atoms with Gasteiger partial charge in [-0.1, -0.05) is 18.2 Å². The van der Waals surface area contributed by atoms with Crippen LogP contribution in [0.25, 0.3) is 0 Å². The van der Waals surface area contributed by atoms with E-state index in [1.54, 1.807) is 18.2 Å². The average Bonchev–Trinajstić information content (AvgIpc) is 2.42. The number of nitrogens with one attached hydrogen (secondary N) is 1. The van der Waals surface area contributed by atoms with Gasteiger partial charge in [-0.3, -0.25) is 15.4 Å². The summed E-state index contributed by atoms with van der Waals surface area (Å²) in [4.78, 5) is 21.1. The molecule has 108 valence electrons. The molecule has 1 N–H and O–H groups in total. The number of carbonyl (C=O) groups excluding carboxylic acids is 1. The Kier molecular flexibility index (Phi) is 4.07. The molecule has 2 rings (SSSR count). The van der Waals surface area contributed by atoms with Crippen molar-refractivity contribution >= 4 is 17.5 Å². The smallest absolute Gasteiger partial charge is 0.410 e. The Balaban J connectivity index is 2.17. The van der Waals surface area contributed by atoms with Gasteiger partial charge in [-0.25, -0.2) is 9.18 Å². The zero-order chi connectivity index (χ0) is 15.4. The molecular formula is C13H8F2N2O4. The van der Waals surface area contributed by atoms with Crippen LogP contribution < -0.4 is 10.1 Å². The monoisotopic (exact) mass is 294 g/mol. The van der Waals surface area contributed by atoms with Crippen molar-refractivity contribution in [2.75, 3.05) is 5.32 Å². The van der Waals surface area contributed by atoms with Crippen LogP contribution in [-0.2, 0) is 0 Å². The van der Waals surface area contributed by atoms with Crippen molar-refractivity contribution in [3.8, 4) is 5.75 Å². The minimum atomic E-state index is -1.33. The van der Waals surface area contributed by atoms with E-state index in [2.05, 4.69) is 0 Å². The molecule has 0 atom stereocenters. The summed E-state index contributed by atoms with van der Waals surface area (Å²) in [7, 11) is 0. The van der Waals surface area contributed by atoms with E-state index < -0.39 is 34.0 Å². The minimum Gasteiger partial charge on any atom is -0.410 e. The lowest BCUT2D eigenvalue weighted by atomic mass is 10.2. The second-order valence-electron chi connectivity index (χ2n) is 3.87. The standard InChI is InChI=1S/C13H8F2N2O4/c14-9-6-10(15)12(17(19)20)7-11(9)16-13(18)21-8-4-2-1-3-5-8/h1-7H,(H,16,18). The van der Waals surface area contributed by atoms with Crippen molar-refractivity contribution in [1.29, 1.82) is 0 Å². The number of carbonyl (C=O) groups is 1. The molecule has 0 unspecified atom stereocenters. The zero-order valence-corrected chi connectivity index (χ0v) is 10.4. The van der Waals surface area contributed by atoms with Crippen LogP contribution in [0.15, 0.2) is 42.5 Å². The molecular weight excluding hydrogens is 286 g/mol. The number of benzene rings is 2. The first-order valence-electron chi connectivity index (χ1n) is 5.64. The molecule has 0 spiro atoms. The Bertz CT molecular complexity index is 692. The summed E-state index contributed by atoms with van der Waals surface area (Å²) >= 11 is 0. The number of para-hydroxylation sites is 1. The van der Waals surface area contributed by atoms with E-state index in [1.807, 2.05) is 5.32 Å². The van der Waals surface area contributed by atoms with Crippen LogP contribution in [0.5, 0.6) is 5.75 Å². The van der Waals surface area contributed by atoms with Gasteiger partial charge in [0.15, 0.2) is 0 Å². The number of nitro benzene ring substituents is 1. The first-order chi connectivity index (χ1) is 9.97. The number of hydrogen-bond acceptors (Lipinski definition) is 4. The lowest BCUT2D eigenvalue weighted by Gasteiger charge is -2.07. The summed E-state index contributed by atoms with van der Waals surface area (Å²) in [6, 6.07) is 8.81. The lowest BCUT2D eigenvalue weighted by Crippen LogP contribution is -2.17. The first-order valence-corrected chi connectivity index (χ1v) is 5.64. The van der Waals surface area contributed by atoms with E-state index in [0.717, 1.165) is 0 Å². The Labute approximate surface area is 117 Å². The van der Waals surface area contributed by atoms with Crippen molar-refractivity contribution in [2.24, 2.45) is 0 Å². The van der Waals surface area contributed by atoms with Crippen LogP contribution in [0, 0.1) is 21.7 Å². The number of nitro groups is 1. The van der Waals surface area contributed by atoms with Crippen LogP contribution >= 0.6 is 0 Å². The van der Waals surface area contributed by atoms with Crippen molar-refractivity contribution in [3.63, 3.8) is 0 Å². The largest absolute Gasteiger partial charge is 0.417 e. The fraction of sp³-hybridized carbons (Fsp3) is 0. The molecule has 0 aliphatic heterocycles. The third-order valence-electron chi connectivity index (χ3n) is 2.42. The van der Waals surface area contributed by atoms with Gasteiger partial charge in [0.25, 0.3) is 0 Å². The number of halogens is 2. The third kappa shape index (κ3) is 3.50. The molecule has 0 aliphatic carbocycles. The molecule has 0 saturated carbocycles. The molecule has 0 heterocycles. The van der Waals surface area contributed by atoms with Gasteiger partial charge in [-0.15, -0.1) is 0 Å². The fourth-order valence-corrected chi connectivity index (χ4v) is 1.50. The molecule has 2 aromatic carbocycles. The van der Waals surface area contributed by atoms with Crippen molar-refractivity contribution in [3.05, 3.63) is 64.2 Å². The van der Waals surface area contributed by atoms with Gasteiger partial charge in [0.1, 0.15) is 11.6 Å². The van der Waals surface area contributed by atoms with E-state index in [1.165, 1.54) is 12.1 Å². The Morgan fingerprint density at radius 2 is 1.81 bits per heavy atom. The Morgan fingerprint density at radius 1 is 1.14 bits per heavy atom. The maximum Gasteiger partial charge on any atom is 0.417 e. The van der Waals surface area contributed by atoms with Crippen LogP contribution in [0.2, 0.25) is 0 Å². The molecule has 2 aromatic rings.